The number of nitrogens with zero attached hydrogens (tertiary/aromatic N) is 5. The SMILES string of the molecule is c1ccc(-c2nc(-c3ccc4oc5c(-c6nc(-c7ccccc7)c7sc8ccccc8c7n6)cccc5c4c3)nc(-c3cccc4c3sc3ccccc34)n2)cc1. The lowest BCUT2D eigenvalue weighted by Gasteiger charge is -2.09. The van der Waals surface area contributed by atoms with Crippen LogP contribution >= 0.6 is 22.7 Å². The van der Waals surface area contributed by atoms with E-state index in [2.05, 4.69) is 115 Å². The van der Waals surface area contributed by atoms with Gasteiger partial charge >= 0.3 is 0 Å². The third-order valence-electron chi connectivity index (χ3n) is 10.6. The first kappa shape index (κ1) is 32.1. The molecule has 6 nitrogen and oxygen atoms in total. The molecule has 8 heteroatoms. The summed E-state index contributed by atoms with van der Waals surface area (Å²) in [4.78, 5) is 25.8. The molecule has 12 rings (SSSR count). The standard InChI is InChI=1S/C49H27N5OS2/c1-3-13-28(14-4-1)41-45-42(34-18-8-10-24-40(34)57-45)51-48(50-41)35-21-11-19-32-37-27-30(25-26-38(37)55-43(32)35)47-52-46(29-15-5-2-6-16-29)53-49(54-47)36-22-12-20-33-31-17-7-9-23-39(31)56-44(33)36/h1-27H. The van der Waals surface area contributed by atoms with Crippen LogP contribution in [0.3, 0.4) is 0 Å². The molecule has 0 unspecified atom stereocenters. The molecule has 57 heavy (non-hydrogen) atoms. The number of hydrogen-bond donors (Lipinski definition) is 0. The molecule has 0 aliphatic rings. The average molecular weight is 766 g/mol. The highest BCUT2D eigenvalue weighted by Gasteiger charge is 2.21. The van der Waals surface area contributed by atoms with Gasteiger partial charge in [0.15, 0.2) is 23.3 Å². The van der Waals surface area contributed by atoms with Crippen LogP contribution in [0.2, 0.25) is 0 Å². The monoisotopic (exact) mass is 765 g/mol. The molecule has 7 aromatic carbocycles. The third kappa shape index (κ3) is 5.19. The van der Waals surface area contributed by atoms with Crippen molar-refractivity contribution in [2.45, 2.75) is 0 Å². The maximum absolute atomic E-state index is 6.69. The molecule has 0 saturated carbocycles. The van der Waals surface area contributed by atoms with Crippen molar-refractivity contribution in [3.8, 4) is 56.8 Å². The van der Waals surface area contributed by atoms with Gasteiger partial charge < -0.3 is 4.42 Å². The molecule has 0 aliphatic heterocycles. The van der Waals surface area contributed by atoms with Gasteiger partial charge in [0, 0.05) is 63.3 Å². The highest BCUT2D eigenvalue weighted by Crippen LogP contribution is 2.43. The zero-order chi connectivity index (χ0) is 37.5. The summed E-state index contributed by atoms with van der Waals surface area (Å²) in [6, 6.07) is 56.2. The molecule has 0 saturated heterocycles. The fourth-order valence-corrected chi connectivity index (χ4v) is 10.2. The van der Waals surface area contributed by atoms with Crippen molar-refractivity contribution in [3.63, 3.8) is 0 Å². The summed E-state index contributed by atoms with van der Waals surface area (Å²) >= 11 is 3.50. The van der Waals surface area contributed by atoms with Crippen LogP contribution in [0.4, 0.5) is 0 Å². The Kier molecular flexibility index (Phi) is 7.17. The number of aromatic nitrogens is 5. The van der Waals surface area contributed by atoms with E-state index in [1.807, 2.05) is 48.5 Å². The largest absolute Gasteiger partial charge is 0.455 e. The fraction of sp³-hybridized carbons (Fsp3) is 0. The molecule has 0 amide bonds. The summed E-state index contributed by atoms with van der Waals surface area (Å²) in [7, 11) is 0. The normalized spacial score (nSPS) is 11.9. The maximum Gasteiger partial charge on any atom is 0.165 e. The molecule has 0 N–H and O–H groups in total. The van der Waals surface area contributed by atoms with E-state index in [1.54, 1.807) is 22.7 Å². The first-order valence-electron chi connectivity index (χ1n) is 18.7. The van der Waals surface area contributed by atoms with E-state index in [9.17, 15) is 0 Å². The van der Waals surface area contributed by atoms with Crippen molar-refractivity contribution in [2.75, 3.05) is 0 Å². The van der Waals surface area contributed by atoms with Gasteiger partial charge in [-0.15, -0.1) is 22.7 Å². The number of hydrogen-bond acceptors (Lipinski definition) is 8. The Morgan fingerprint density at radius 2 is 0.965 bits per heavy atom. The molecule has 266 valence electrons. The third-order valence-corrected chi connectivity index (χ3v) is 13.0. The van der Waals surface area contributed by atoms with Crippen molar-refractivity contribution in [1.82, 2.24) is 24.9 Å². The lowest BCUT2D eigenvalue weighted by molar-refractivity contribution is 0.669. The lowest BCUT2D eigenvalue weighted by atomic mass is 10.1. The molecule has 0 atom stereocenters. The Hall–Kier alpha value is -7.13. The summed E-state index contributed by atoms with van der Waals surface area (Å²) < 4.78 is 11.3. The van der Waals surface area contributed by atoms with Crippen molar-refractivity contribution >= 4 is 85.1 Å². The van der Waals surface area contributed by atoms with E-state index in [1.165, 1.54) is 20.2 Å². The zero-order valence-electron chi connectivity index (χ0n) is 30.0. The maximum atomic E-state index is 6.69. The molecule has 0 aliphatic carbocycles. The summed E-state index contributed by atoms with van der Waals surface area (Å²) in [5, 5.41) is 5.49. The summed E-state index contributed by atoms with van der Waals surface area (Å²) in [6.45, 7) is 0. The molecule has 5 heterocycles. The van der Waals surface area contributed by atoms with Gasteiger partial charge in [-0.1, -0.05) is 121 Å². The van der Waals surface area contributed by atoms with Crippen LogP contribution in [0, 0.1) is 0 Å². The second kappa shape index (κ2) is 12.7. The van der Waals surface area contributed by atoms with Gasteiger partial charge in [-0.25, -0.2) is 24.9 Å². The number of rotatable bonds is 5. The number of para-hydroxylation sites is 1. The number of benzene rings is 7. The van der Waals surface area contributed by atoms with Crippen LogP contribution in [-0.2, 0) is 0 Å². The van der Waals surface area contributed by atoms with E-state index in [-0.39, 0.29) is 0 Å². The first-order valence-corrected chi connectivity index (χ1v) is 20.3. The molecule has 5 aromatic heterocycles. The highest BCUT2D eigenvalue weighted by atomic mass is 32.1. The Labute approximate surface area is 333 Å². The van der Waals surface area contributed by atoms with E-state index < -0.39 is 0 Å². The Morgan fingerprint density at radius 3 is 1.77 bits per heavy atom. The number of thiophene rings is 2. The van der Waals surface area contributed by atoms with Gasteiger partial charge in [0.05, 0.1) is 21.5 Å². The molecular formula is C49H27N5OS2. The molecule has 0 bridgehead atoms. The summed E-state index contributed by atoms with van der Waals surface area (Å²) in [5.41, 5.74) is 8.03. The van der Waals surface area contributed by atoms with E-state index >= 15 is 0 Å². The van der Waals surface area contributed by atoms with Crippen molar-refractivity contribution in [3.05, 3.63) is 164 Å². The van der Waals surface area contributed by atoms with Crippen LogP contribution < -0.4 is 0 Å². The Bertz CT molecular complexity index is 3540. The van der Waals surface area contributed by atoms with Gasteiger partial charge in [-0.05, 0) is 42.5 Å². The van der Waals surface area contributed by atoms with E-state index in [0.717, 1.165) is 75.8 Å². The van der Waals surface area contributed by atoms with Crippen LogP contribution in [0.15, 0.2) is 168 Å². The molecule has 0 radical (unpaired) electrons. The fourth-order valence-electron chi connectivity index (χ4n) is 7.88. The van der Waals surface area contributed by atoms with Crippen molar-refractivity contribution in [1.29, 1.82) is 0 Å². The van der Waals surface area contributed by atoms with Crippen molar-refractivity contribution in [2.24, 2.45) is 0 Å². The predicted octanol–water partition coefficient (Wildman–Crippen LogP) is 13.6. The first-order chi connectivity index (χ1) is 28.2. The second-order valence-electron chi connectivity index (χ2n) is 14.0. The minimum Gasteiger partial charge on any atom is -0.455 e. The minimum absolute atomic E-state index is 0.593. The van der Waals surface area contributed by atoms with Crippen molar-refractivity contribution < 1.29 is 4.42 Å². The summed E-state index contributed by atoms with van der Waals surface area (Å²) in [5.74, 6) is 2.48. The second-order valence-corrected chi connectivity index (χ2v) is 16.1. The Balaban J connectivity index is 1.04. The van der Waals surface area contributed by atoms with Gasteiger partial charge in [-0.2, -0.15) is 0 Å². The predicted molar refractivity (Wildman–Crippen MR) is 236 cm³/mol. The average Bonchev–Trinajstić information content (AvgIpc) is 3.98. The highest BCUT2D eigenvalue weighted by molar-refractivity contribution is 7.26. The van der Waals surface area contributed by atoms with E-state index in [0.29, 0.717) is 23.3 Å². The molecule has 0 fully saturated rings. The van der Waals surface area contributed by atoms with Gasteiger partial charge in [0.25, 0.3) is 0 Å². The van der Waals surface area contributed by atoms with Crippen LogP contribution in [0.25, 0.3) is 119 Å². The topological polar surface area (TPSA) is 77.6 Å². The molecule has 0 spiro atoms. The smallest absolute Gasteiger partial charge is 0.165 e. The molecular weight excluding hydrogens is 739 g/mol. The minimum atomic E-state index is 0.593. The van der Waals surface area contributed by atoms with Gasteiger partial charge in [0.1, 0.15) is 11.2 Å². The van der Waals surface area contributed by atoms with Gasteiger partial charge in [0.2, 0.25) is 0 Å². The number of fused-ring (bicyclic) bond motifs is 9. The Morgan fingerprint density at radius 1 is 0.368 bits per heavy atom. The van der Waals surface area contributed by atoms with Gasteiger partial charge in [-0.3, -0.25) is 0 Å². The van der Waals surface area contributed by atoms with Crippen LogP contribution in [-0.4, -0.2) is 24.9 Å². The zero-order valence-corrected chi connectivity index (χ0v) is 31.7. The lowest BCUT2D eigenvalue weighted by Crippen LogP contribution is -2.00. The van der Waals surface area contributed by atoms with Crippen LogP contribution in [0.5, 0.6) is 0 Å². The van der Waals surface area contributed by atoms with E-state index in [4.69, 9.17) is 29.3 Å². The quantitative estimate of drug-likeness (QED) is 0.174. The summed E-state index contributed by atoms with van der Waals surface area (Å²) in [6.07, 6.45) is 0. The number of furan rings is 1. The molecule has 12 aromatic rings. The van der Waals surface area contributed by atoms with Crippen LogP contribution in [0.1, 0.15) is 0 Å².